The van der Waals surface area contributed by atoms with Crippen molar-refractivity contribution in [3.05, 3.63) is 0 Å². The fraction of sp³-hybridized carbons (Fsp3) is 0.833. The average Bonchev–Trinajstić information content (AvgIpc) is 2.34. The predicted octanol–water partition coefficient (Wildman–Crippen LogP) is 0.446. The highest BCUT2D eigenvalue weighted by Gasteiger charge is 2.23. The van der Waals surface area contributed by atoms with Crippen molar-refractivity contribution in [3.8, 4) is 0 Å². The molecule has 2 amide bonds. The van der Waals surface area contributed by atoms with Gasteiger partial charge in [0.2, 0.25) is 11.8 Å². The van der Waals surface area contributed by atoms with E-state index < -0.39 is 0 Å². The first-order chi connectivity index (χ1) is 8.24. The molecule has 1 saturated heterocycles. The molecule has 1 atom stereocenters. The maximum atomic E-state index is 11.7. The minimum absolute atomic E-state index is 0.0177. The van der Waals surface area contributed by atoms with E-state index in [2.05, 4.69) is 17.6 Å². The summed E-state index contributed by atoms with van der Waals surface area (Å²) in [5, 5.41) is 5.53. The highest BCUT2D eigenvalue weighted by atomic mass is 16.5. The fourth-order valence-electron chi connectivity index (χ4n) is 1.70. The normalized spacial score (nSPS) is 19.8. The summed E-state index contributed by atoms with van der Waals surface area (Å²) in [7, 11) is 0. The van der Waals surface area contributed by atoms with E-state index in [1.54, 1.807) is 0 Å². The van der Waals surface area contributed by atoms with Crippen molar-refractivity contribution in [2.24, 2.45) is 5.92 Å². The molecule has 1 unspecified atom stereocenters. The predicted molar refractivity (Wildman–Crippen MR) is 64.5 cm³/mol. The second-order valence-electron chi connectivity index (χ2n) is 4.30. The Morgan fingerprint density at radius 3 is 3.00 bits per heavy atom. The van der Waals surface area contributed by atoms with Gasteiger partial charge in [0.25, 0.3) is 0 Å². The van der Waals surface area contributed by atoms with Crippen molar-refractivity contribution < 1.29 is 14.3 Å². The molecule has 1 fully saturated rings. The number of amides is 2. The number of ether oxygens (including phenoxy) is 1. The molecule has 2 N–H and O–H groups in total. The minimum Gasteiger partial charge on any atom is -0.380 e. The van der Waals surface area contributed by atoms with Gasteiger partial charge in [0.15, 0.2) is 0 Å². The smallest absolute Gasteiger partial charge is 0.224 e. The zero-order chi connectivity index (χ0) is 12.5. The number of hydrogen-bond acceptors (Lipinski definition) is 3. The number of piperidine rings is 1. The Hall–Kier alpha value is -1.10. The Kier molecular flexibility index (Phi) is 6.62. The molecule has 0 bridgehead atoms. The van der Waals surface area contributed by atoms with E-state index in [-0.39, 0.29) is 17.7 Å². The molecule has 0 aromatic heterocycles. The molecular weight excluding hydrogens is 220 g/mol. The van der Waals surface area contributed by atoms with E-state index in [1.165, 1.54) is 0 Å². The molecule has 1 aliphatic rings. The Balaban J connectivity index is 2.03. The van der Waals surface area contributed by atoms with Crippen LogP contribution in [0.2, 0.25) is 0 Å². The molecule has 0 aromatic carbocycles. The number of rotatable bonds is 7. The topological polar surface area (TPSA) is 67.4 Å². The first-order valence-electron chi connectivity index (χ1n) is 6.36. The van der Waals surface area contributed by atoms with Crippen LogP contribution in [0, 0.1) is 5.92 Å². The average molecular weight is 242 g/mol. The fourth-order valence-corrected chi connectivity index (χ4v) is 1.70. The van der Waals surface area contributed by atoms with Crippen LogP contribution in [0.4, 0.5) is 0 Å². The second-order valence-corrected chi connectivity index (χ2v) is 4.30. The molecule has 0 spiro atoms. The van der Waals surface area contributed by atoms with Gasteiger partial charge in [0.05, 0.1) is 12.5 Å². The van der Waals surface area contributed by atoms with Crippen molar-refractivity contribution in [1.82, 2.24) is 10.6 Å². The van der Waals surface area contributed by atoms with Crippen molar-refractivity contribution in [1.29, 1.82) is 0 Å². The van der Waals surface area contributed by atoms with Gasteiger partial charge in [-0.25, -0.2) is 0 Å². The van der Waals surface area contributed by atoms with E-state index in [1.807, 2.05) is 0 Å². The Labute approximate surface area is 102 Å². The summed E-state index contributed by atoms with van der Waals surface area (Å²) in [6.07, 6.45) is 3.27. The molecule has 0 saturated carbocycles. The monoisotopic (exact) mass is 242 g/mol. The first kappa shape index (κ1) is 14.0. The van der Waals surface area contributed by atoms with Gasteiger partial charge in [0.1, 0.15) is 0 Å². The van der Waals surface area contributed by atoms with Gasteiger partial charge in [-0.1, -0.05) is 13.3 Å². The lowest BCUT2D eigenvalue weighted by Crippen LogP contribution is -2.43. The molecule has 17 heavy (non-hydrogen) atoms. The van der Waals surface area contributed by atoms with E-state index >= 15 is 0 Å². The molecule has 1 aliphatic heterocycles. The number of nitrogens with one attached hydrogen (secondary N) is 2. The van der Waals surface area contributed by atoms with Gasteiger partial charge in [-0.15, -0.1) is 0 Å². The quantitative estimate of drug-likeness (QED) is 0.637. The van der Waals surface area contributed by atoms with Crippen LogP contribution < -0.4 is 10.6 Å². The van der Waals surface area contributed by atoms with Gasteiger partial charge in [-0.05, 0) is 12.8 Å². The highest BCUT2D eigenvalue weighted by Crippen LogP contribution is 2.10. The van der Waals surface area contributed by atoms with Crippen molar-refractivity contribution in [2.45, 2.75) is 32.6 Å². The van der Waals surface area contributed by atoms with Gasteiger partial charge in [-0.3, -0.25) is 9.59 Å². The lowest BCUT2D eigenvalue weighted by Gasteiger charge is -2.21. The van der Waals surface area contributed by atoms with Gasteiger partial charge in [-0.2, -0.15) is 0 Å². The number of carbonyl (C=O) groups excluding carboxylic acids is 2. The Bertz CT molecular complexity index is 246. The first-order valence-corrected chi connectivity index (χ1v) is 6.36. The third-order valence-electron chi connectivity index (χ3n) is 2.82. The molecule has 1 heterocycles. The molecular formula is C12H22N2O3. The summed E-state index contributed by atoms with van der Waals surface area (Å²) in [5.74, 6) is -0.0237. The van der Waals surface area contributed by atoms with Crippen molar-refractivity contribution in [2.75, 3.05) is 26.3 Å². The van der Waals surface area contributed by atoms with Crippen LogP contribution in [0.5, 0.6) is 0 Å². The zero-order valence-electron chi connectivity index (χ0n) is 10.5. The maximum Gasteiger partial charge on any atom is 0.224 e. The number of unbranched alkanes of at least 4 members (excludes halogenated alkanes) is 1. The SMILES string of the molecule is CCCCOCCNC(=O)C1CCC(=O)NC1. The van der Waals surface area contributed by atoms with E-state index in [0.717, 1.165) is 19.4 Å². The summed E-state index contributed by atoms with van der Waals surface area (Å²) >= 11 is 0. The van der Waals surface area contributed by atoms with Crippen molar-refractivity contribution in [3.63, 3.8) is 0 Å². The van der Waals surface area contributed by atoms with Gasteiger partial charge < -0.3 is 15.4 Å². The molecule has 1 rings (SSSR count). The second kappa shape index (κ2) is 8.06. The van der Waals surface area contributed by atoms with E-state index in [4.69, 9.17) is 4.74 Å². The van der Waals surface area contributed by atoms with Crippen molar-refractivity contribution >= 4 is 11.8 Å². The summed E-state index contributed by atoms with van der Waals surface area (Å²) in [5.41, 5.74) is 0. The van der Waals surface area contributed by atoms with E-state index in [0.29, 0.717) is 32.5 Å². The number of carbonyl (C=O) groups is 2. The van der Waals surface area contributed by atoms with Crippen LogP contribution in [0.15, 0.2) is 0 Å². The van der Waals surface area contributed by atoms with Crippen LogP contribution in [0.3, 0.4) is 0 Å². The standard InChI is InChI=1S/C12H22N2O3/c1-2-3-7-17-8-6-13-12(16)10-4-5-11(15)14-9-10/h10H,2-9H2,1H3,(H,13,16)(H,14,15). The molecule has 5 heteroatoms. The minimum atomic E-state index is -0.0802. The summed E-state index contributed by atoms with van der Waals surface area (Å²) in [6.45, 7) is 4.44. The van der Waals surface area contributed by atoms with Gasteiger partial charge >= 0.3 is 0 Å². The molecule has 5 nitrogen and oxygen atoms in total. The maximum absolute atomic E-state index is 11.7. The Morgan fingerprint density at radius 2 is 2.35 bits per heavy atom. The summed E-state index contributed by atoms with van der Waals surface area (Å²) < 4.78 is 5.34. The highest BCUT2D eigenvalue weighted by molar-refractivity contribution is 5.83. The van der Waals surface area contributed by atoms with Crippen LogP contribution in [0.25, 0.3) is 0 Å². The van der Waals surface area contributed by atoms with Crippen LogP contribution in [-0.4, -0.2) is 38.1 Å². The molecule has 0 radical (unpaired) electrons. The van der Waals surface area contributed by atoms with Gasteiger partial charge in [0, 0.05) is 26.1 Å². The largest absolute Gasteiger partial charge is 0.380 e. The third kappa shape index (κ3) is 5.68. The third-order valence-corrected chi connectivity index (χ3v) is 2.82. The Morgan fingerprint density at radius 1 is 1.53 bits per heavy atom. The molecule has 0 aliphatic carbocycles. The molecule has 98 valence electrons. The lowest BCUT2D eigenvalue weighted by atomic mass is 9.98. The lowest BCUT2D eigenvalue weighted by molar-refractivity contribution is -0.129. The van der Waals surface area contributed by atoms with Crippen LogP contribution in [-0.2, 0) is 14.3 Å². The summed E-state index contributed by atoms with van der Waals surface area (Å²) in [6, 6.07) is 0. The van der Waals surface area contributed by atoms with Crippen LogP contribution >= 0.6 is 0 Å². The van der Waals surface area contributed by atoms with Crippen LogP contribution in [0.1, 0.15) is 32.6 Å². The summed E-state index contributed by atoms with van der Waals surface area (Å²) in [4.78, 5) is 22.6. The van der Waals surface area contributed by atoms with E-state index in [9.17, 15) is 9.59 Å². The molecule has 0 aromatic rings. The number of hydrogen-bond donors (Lipinski definition) is 2. The zero-order valence-corrected chi connectivity index (χ0v) is 10.5.